The number of ether oxygens (including phenoxy) is 2. The van der Waals surface area contributed by atoms with Gasteiger partial charge >= 0.3 is 0 Å². The number of hydrogen-bond donors (Lipinski definition) is 1. The lowest BCUT2D eigenvalue weighted by molar-refractivity contribution is -0.141. The van der Waals surface area contributed by atoms with Crippen LogP contribution < -0.4 is 5.32 Å². The summed E-state index contributed by atoms with van der Waals surface area (Å²) in [5, 5.41) is 2.97. The normalized spacial score (nSPS) is 24.5. The third-order valence-electron chi connectivity index (χ3n) is 4.72. The van der Waals surface area contributed by atoms with Gasteiger partial charge in [-0.05, 0) is 26.0 Å². The van der Waals surface area contributed by atoms with E-state index in [2.05, 4.69) is 5.32 Å². The van der Waals surface area contributed by atoms with Crippen LogP contribution in [0.1, 0.15) is 18.4 Å². The number of nitrogens with one attached hydrogen (secondary N) is 1. The van der Waals surface area contributed by atoms with Crippen molar-refractivity contribution in [2.75, 3.05) is 40.0 Å². The minimum absolute atomic E-state index is 0.271. The summed E-state index contributed by atoms with van der Waals surface area (Å²) in [7, 11) is 1.92. The first-order valence-electron chi connectivity index (χ1n) is 8.16. The largest absolute Gasteiger partial charge is 0.381 e. The molecule has 1 atom stereocenters. The molecule has 5 nitrogen and oxygen atoms in total. The molecule has 0 saturated carbocycles. The van der Waals surface area contributed by atoms with Gasteiger partial charge in [0, 0.05) is 37.9 Å². The fourth-order valence-electron chi connectivity index (χ4n) is 3.31. The Balaban J connectivity index is 1.84. The Morgan fingerprint density at radius 2 is 2.04 bits per heavy atom. The maximum absolute atomic E-state index is 14.4. The lowest BCUT2D eigenvalue weighted by Gasteiger charge is -2.40. The molecule has 0 aliphatic carbocycles. The summed E-state index contributed by atoms with van der Waals surface area (Å²) >= 11 is 0. The Bertz CT molecular complexity index is 605. The SMILES string of the molecule is CN1CCO[C@H](C(=O)NC2(c3ccc(F)cc3F)CCOCC2)C1. The van der Waals surface area contributed by atoms with Gasteiger partial charge in [0.25, 0.3) is 5.91 Å². The Hall–Kier alpha value is -1.57. The first kappa shape index (κ1) is 17.3. The third-order valence-corrected chi connectivity index (χ3v) is 4.72. The third kappa shape index (κ3) is 3.58. The van der Waals surface area contributed by atoms with Crippen molar-refractivity contribution in [3.05, 3.63) is 35.4 Å². The van der Waals surface area contributed by atoms with Crippen LogP contribution in [-0.2, 0) is 19.8 Å². The number of nitrogens with zero attached hydrogens (tertiary/aromatic N) is 1. The topological polar surface area (TPSA) is 50.8 Å². The van der Waals surface area contributed by atoms with Gasteiger partial charge < -0.3 is 19.7 Å². The van der Waals surface area contributed by atoms with Crippen LogP contribution in [0.15, 0.2) is 18.2 Å². The second kappa shape index (κ2) is 7.13. The number of carbonyl (C=O) groups is 1. The quantitative estimate of drug-likeness (QED) is 0.904. The van der Waals surface area contributed by atoms with Crippen molar-refractivity contribution in [3.63, 3.8) is 0 Å². The number of benzene rings is 1. The molecule has 0 radical (unpaired) electrons. The second-order valence-corrected chi connectivity index (χ2v) is 6.43. The minimum atomic E-state index is -0.896. The Labute approximate surface area is 139 Å². The van der Waals surface area contributed by atoms with E-state index in [1.54, 1.807) is 0 Å². The van der Waals surface area contributed by atoms with Crippen LogP contribution in [0.2, 0.25) is 0 Å². The molecular weight excluding hydrogens is 318 g/mol. The van der Waals surface area contributed by atoms with Crippen molar-refractivity contribution in [2.24, 2.45) is 0 Å². The second-order valence-electron chi connectivity index (χ2n) is 6.43. The monoisotopic (exact) mass is 340 g/mol. The fourth-order valence-corrected chi connectivity index (χ4v) is 3.31. The summed E-state index contributed by atoms with van der Waals surface area (Å²) in [5.74, 6) is -1.56. The van der Waals surface area contributed by atoms with Crippen molar-refractivity contribution in [1.82, 2.24) is 10.2 Å². The number of rotatable bonds is 3. The molecule has 1 aromatic rings. The first-order chi connectivity index (χ1) is 11.5. The van der Waals surface area contributed by atoms with Crippen molar-refractivity contribution >= 4 is 5.91 Å². The van der Waals surface area contributed by atoms with E-state index in [9.17, 15) is 13.6 Å². The molecule has 1 aromatic carbocycles. The van der Waals surface area contributed by atoms with Crippen LogP contribution in [0.25, 0.3) is 0 Å². The number of hydrogen-bond acceptors (Lipinski definition) is 4. The molecule has 2 heterocycles. The van der Waals surface area contributed by atoms with Crippen LogP contribution in [0.3, 0.4) is 0 Å². The number of likely N-dealkylation sites (N-methyl/N-ethyl adjacent to an activating group) is 1. The van der Waals surface area contributed by atoms with E-state index in [1.165, 1.54) is 12.1 Å². The van der Waals surface area contributed by atoms with Crippen LogP contribution in [-0.4, -0.2) is 56.9 Å². The zero-order chi connectivity index (χ0) is 17.2. The number of halogens is 2. The molecule has 24 heavy (non-hydrogen) atoms. The minimum Gasteiger partial charge on any atom is -0.381 e. The Morgan fingerprint density at radius 1 is 1.29 bits per heavy atom. The lowest BCUT2D eigenvalue weighted by atomic mass is 9.82. The molecule has 0 spiro atoms. The van der Waals surface area contributed by atoms with Crippen LogP contribution in [0.5, 0.6) is 0 Å². The zero-order valence-electron chi connectivity index (χ0n) is 13.7. The molecule has 2 saturated heterocycles. The molecule has 0 unspecified atom stereocenters. The predicted octanol–water partition coefficient (Wildman–Crippen LogP) is 1.42. The van der Waals surface area contributed by atoms with E-state index in [0.717, 1.165) is 12.6 Å². The highest BCUT2D eigenvalue weighted by atomic mass is 19.1. The molecule has 2 aliphatic rings. The maximum atomic E-state index is 14.4. The number of carbonyl (C=O) groups excluding carboxylic acids is 1. The summed E-state index contributed by atoms with van der Waals surface area (Å²) in [5.41, 5.74) is -0.600. The standard InChI is InChI=1S/C17H22F2N2O3/c1-21-6-9-24-15(11-21)16(22)20-17(4-7-23-8-5-17)13-3-2-12(18)10-14(13)19/h2-3,10,15H,4-9,11H2,1H3,(H,20,22)/t15-/m0/s1. The highest BCUT2D eigenvalue weighted by Crippen LogP contribution is 2.34. The lowest BCUT2D eigenvalue weighted by Crippen LogP contribution is -2.56. The average molecular weight is 340 g/mol. The summed E-state index contributed by atoms with van der Waals surface area (Å²) in [6.07, 6.45) is 0.278. The molecule has 132 valence electrons. The van der Waals surface area contributed by atoms with E-state index in [0.29, 0.717) is 44.8 Å². The average Bonchev–Trinajstić information content (AvgIpc) is 2.55. The molecule has 1 N–H and O–H groups in total. The van der Waals surface area contributed by atoms with Gasteiger partial charge in [0.05, 0.1) is 12.1 Å². The van der Waals surface area contributed by atoms with Crippen molar-refractivity contribution in [3.8, 4) is 0 Å². The fraction of sp³-hybridized carbons (Fsp3) is 0.588. The number of morpholine rings is 1. The Kier molecular flexibility index (Phi) is 5.12. The van der Waals surface area contributed by atoms with Crippen LogP contribution in [0, 0.1) is 11.6 Å². The molecule has 1 amide bonds. The van der Waals surface area contributed by atoms with Gasteiger partial charge in [0.15, 0.2) is 0 Å². The van der Waals surface area contributed by atoms with E-state index >= 15 is 0 Å². The summed E-state index contributed by atoms with van der Waals surface area (Å²) in [6.45, 7) is 2.56. The highest BCUT2D eigenvalue weighted by Gasteiger charge is 2.40. The highest BCUT2D eigenvalue weighted by molar-refractivity contribution is 5.82. The summed E-state index contributed by atoms with van der Waals surface area (Å²) in [4.78, 5) is 14.7. The van der Waals surface area contributed by atoms with Gasteiger partial charge in [-0.25, -0.2) is 8.78 Å². The molecular formula is C17H22F2N2O3. The van der Waals surface area contributed by atoms with E-state index < -0.39 is 23.3 Å². The van der Waals surface area contributed by atoms with Crippen molar-refractivity contribution in [1.29, 1.82) is 0 Å². The Morgan fingerprint density at radius 3 is 2.71 bits per heavy atom. The van der Waals surface area contributed by atoms with Crippen molar-refractivity contribution < 1.29 is 23.0 Å². The zero-order valence-corrected chi connectivity index (χ0v) is 13.7. The van der Waals surface area contributed by atoms with Gasteiger partial charge in [-0.15, -0.1) is 0 Å². The van der Waals surface area contributed by atoms with Gasteiger partial charge in [-0.2, -0.15) is 0 Å². The van der Waals surface area contributed by atoms with E-state index in [1.807, 2.05) is 11.9 Å². The van der Waals surface area contributed by atoms with Crippen LogP contribution >= 0.6 is 0 Å². The summed E-state index contributed by atoms with van der Waals surface area (Å²) < 4.78 is 38.5. The van der Waals surface area contributed by atoms with Gasteiger partial charge in [-0.1, -0.05) is 6.07 Å². The van der Waals surface area contributed by atoms with E-state index in [-0.39, 0.29) is 5.91 Å². The van der Waals surface area contributed by atoms with Crippen LogP contribution in [0.4, 0.5) is 8.78 Å². The first-order valence-corrected chi connectivity index (χ1v) is 8.16. The van der Waals surface area contributed by atoms with E-state index in [4.69, 9.17) is 9.47 Å². The molecule has 2 aliphatic heterocycles. The van der Waals surface area contributed by atoms with Gasteiger partial charge in [-0.3, -0.25) is 4.79 Å². The number of amides is 1. The molecule has 3 rings (SSSR count). The summed E-state index contributed by atoms with van der Waals surface area (Å²) in [6, 6.07) is 3.47. The molecule has 2 fully saturated rings. The maximum Gasteiger partial charge on any atom is 0.251 e. The van der Waals surface area contributed by atoms with Crippen molar-refractivity contribution in [2.45, 2.75) is 24.5 Å². The predicted molar refractivity (Wildman–Crippen MR) is 83.5 cm³/mol. The van der Waals surface area contributed by atoms with Gasteiger partial charge in [0.1, 0.15) is 17.7 Å². The molecule has 7 heteroatoms. The van der Waals surface area contributed by atoms with Gasteiger partial charge in [0.2, 0.25) is 0 Å². The molecule has 0 bridgehead atoms. The molecule has 0 aromatic heterocycles. The smallest absolute Gasteiger partial charge is 0.251 e.